The van der Waals surface area contributed by atoms with Gasteiger partial charge in [0.05, 0.1) is 5.56 Å². The second-order valence-corrected chi connectivity index (χ2v) is 7.62. The molecule has 0 saturated carbocycles. The Hall–Kier alpha value is -3.33. The molecule has 4 rings (SSSR count). The van der Waals surface area contributed by atoms with Gasteiger partial charge in [0.15, 0.2) is 11.5 Å². The molecule has 0 saturated heterocycles. The largest absolute Gasteiger partial charge is 0.332 e. The average Bonchev–Trinajstić information content (AvgIpc) is 2.74. The van der Waals surface area contributed by atoms with Gasteiger partial charge in [-0.15, -0.1) is 11.8 Å². The maximum Gasteiger partial charge on any atom is 0.332 e. The first kappa shape index (κ1) is 20.0. The van der Waals surface area contributed by atoms with Gasteiger partial charge in [-0.3, -0.25) is 13.9 Å². The molecule has 0 amide bonds. The number of halogens is 2. The molecule has 6 nitrogen and oxygen atoms in total. The van der Waals surface area contributed by atoms with E-state index in [1.165, 1.54) is 54.7 Å². The van der Waals surface area contributed by atoms with Crippen molar-refractivity contribution in [1.82, 2.24) is 19.1 Å². The van der Waals surface area contributed by atoms with Crippen LogP contribution in [0.2, 0.25) is 0 Å². The fourth-order valence-electron chi connectivity index (χ4n) is 3.07. The molecular formula is C21H16F2N4O2S. The highest BCUT2D eigenvalue weighted by Gasteiger charge is 2.19. The van der Waals surface area contributed by atoms with Gasteiger partial charge in [0.25, 0.3) is 5.56 Å². The van der Waals surface area contributed by atoms with Crippen LogP contribution in [0, 0.1) is 11.6 Å². The summed E-state index contributed by atoms with van der Waals surface area (Å²) >= 11 is 1.19. The van der Waals surface area contributed by atoms with Crippen LogP contribution in [-0.2, 0) is 19.8 Å². The van der Waals surface area contributed by atoms with Crippen LogP contribution in [-0.4, -0.2) is 19.1 Å². The van der Waals surface area contributed by atoms with Crippen molar-refractivity contribution in [2.75, 3.05) is 0 Å². The van der Waals surface area contributed by atoms with Crippen molar-refractivity contribution in [3.8, 4) is 11.4 Å². The van der Waals surface area contributed by atoms with Gasteiger partial charge in [-0.05, 0) is 29.8 Å². The number of thioether (sulfide) groups is 1. The van der Waals surface area contributed by atoms with Gasteiger partial charge in [0, 0.05) is 19.8 Å². The van der Waals surface area contributed by atoms with E-state index in [4.69, 9.17) is 0 Å². The third-order valence-corrected chi connectivity index (χ3v) is 5.69. The fourth-order valence-corrected chi connectivity index (χ4v) is 4.03. The number of hydrogen-bond acceptors (Lipinski definition) is 5. The number of aryl methyl sites for hydroxylation is 1. The zero-order valence-corrected chi connectivity index (χ0v) is 16.9. The van der Waals surface area contributed by atoms with E-state index in [0.29, 0.717) is 16.3 Å². The summed E-state index contributed by atoms with van der Waals surface area (Å²) in [6.07, 6.45) is 0. The van der Waals surface area contributed by atoms with Gasteiger partial charge in [-0.2, -0.15) is 0 Å². The lowest BCUT2D eigenvalue weighted by atomic mass is 10.2. The van der Waals surface area contributed by atoms with E-state index in [1.807, 2.05) is 0 Å². The van der Waals surface area contributed by atoms with E-state index in [9.17, 15) is 18.4 Å². The number of fused-ring (bicyclic) bond motifs is 1. The predicted octanol–water partition coefficient (Wildman–Crippen LogP) is 3.26. The van der Waals surface area contributed by atoms with Gasteiger partial charge in [-0.25, -0.2) is 23.5 Å². The highest BCUT2D eigenvalue weighted by molar-refractivity contribution is 7.98. The maximum atomic E-state index is 14.4. The molecule has 0 aliphatic rings. The summed E-state index contributed by atoms with van der Waals surface area (Å²) in [4.78, 5) is 34.0. The number of hydrogen-bond donors (Lipinski definition) is 0. The van der Waals surface area contributed by atoms with Crippen LogP contribution in [0.1, 0.15) is 5.56 Å². The molecule has 0 N–H and O–H groups in total. The van der Waals surface area contributed by atoms with Gasteiger partial charge in [0.2, 0.25) is 0 Å². The van der Waals surface area contributed by atoms with Crippen molar-refractivity contribution in [3.63, 3.8) is 0 Å². The van der Waals surface area contributed by atoms with Crippen molar-refractivity contribution < 1.29 is 8.78 Å². The molecule has 2 heterocycles. The quantitative estimate of drug-likeness (QED) is 0.370. The van der Waals surface area contributed by atoms with Crippen molar-refractivity contribution >= 4 is 22.8 Å². The topological polar surface area (TPSA) is 69.8 Å². The summed E-state index contributed by atoms with van der Waals surface area (Å²) in [5.41, 5.74) is -0.138. The number of rotatable bonds is 4. The van der Waals surface area contributed by atoms with Crippen LogP contribution in [0.5, 0.6) is 0 Å². The molecule has 4 aromatic rings. The van der Waals surface area contributed by atoms with Gasteiger partial charge >= 0.3 is 5.69 Å². The molecule has 152 valence electrons. The Balaban J connectivity index is 1.95. The van der Waals surface area contributed by atoms with Crippen molar-refractivity contribution in [1.29, 1.82) is 0 Å². The Kier molecular flexibility index (Phi) is 5.21. The Morgan fingerprint density at radius 3 is 2.47 bits per heavy atom. The lowest BCUT2D eigenvalue weighted by Crippen LogP contribution is -2.37. The van der Waals surface area contributed by atoms with Gasteiger partial charge in [-0.1, -0.05) is 24.3 Å². The van der Waals surface area contributed by atoms with Crippen LogP contribution in [0.15, 0.2) is 63.1 Å². The Labute approximate surface area is 173 Å². The minimum Gasteiger partial charge on any atom is -0.280 e. The lowest BCUT2D eigenvalue weighted by Gasteiger charge is -2.12. The molecule has 0 bridgehead atoms. The summed E-state index contributed by atoms with van der Waals surface area (Å²) in [6, 6.07) is 12.1. The first-order valence-electron chi connectivity index (χ1n) is 8.96. The molecule has 0 aliphatic carbocycles. The zero-order valence-electron chi connectivity index (χ0n) is 16.1. The standard InChI is InChI=1S/C21H16F2N4O2S/c1-26-18-16(20(28)27(2)21(26)29)19(30-11-12-6-5-7-13(22)10-12)25-17(24-18)14-8-3-4-9-15(14)23/h3-10H,11H2,1-2H3. The molecule has 30 heavy (non-hydrogen) atoms. The third-order valence-electron chi connectivity index (χ3n) is 4.65. The first-order chi connectivity index (χ1) is 14.4. The summed E-state index contributed by atoms with van der Waals surface area (Å²) in [5, 5.41) is 0.444. The SMILES string of the molecule is Cn1c(=O)c2c(SCc3cccc(F)c3)nc(-c3ccccc3F)nc2n(C)c1=O. The maximum absolute atomic E-state index is 14.4. The highest BCUT2D eigenvalue weighted by Crippen LogP contribution is 2.29. The molecule has 2 aromatic heterocycles. The normalized spacial score (nSPS) is 11.2. The molecule has 0 aliphatic heterocycles. The molecule has 0 fully saturated rings. The molecule has 9 heteroatoms. The van der Waals surface area contributed by atoms with E-state index in [1.54, 1.807) is 24.3 Å². The Morgan fingerprint density at radius 1 is 0.967 bits per heavy atom. The summed E-state index contributed by atoms with van der Waals surface area (Å²) in [5.74, 6) is -0.504. The third kappa shape index (κ3) is 3.52. The van der Waals surface area contributed by atoms with Gasteiger partial charge < -0.3 is 0 Å². The first-order valence-corrected chi connectivity index (χ1v) is 9.95. The van der Waals surface area contributed by atoms with Crippen molar-refractivity contribution in [2.24, 2.45) is 14.1 Å². The Morgan fingerprint density at radius 2 is 1.73 bits per heavy atom. The summed E-state index contributed by atoms with van der Waals surface area (Å²) < 4.78 is 30.1. The lowest BCUT2D eigenvalue weighted by molar-refractivity contribution is 0.626. The minimum atomic E-state index is -0.549. The summed E-state index contributed by atoms with van der Waals surface area (Å²) in [6.45, 7) is 0. The number of benzene rings is 2. The molecule has 2 aromatic carbocycles. The smallest absolute Gasteiger partial charge is 0.280 e. The van der Waals surface area contributed by atoms with Crippen LogP contribution >= 0.6 is 11.8 Å². The van der Waals surface area contributed by atoms with Crippen molar-refractivity contribution in [3.05, 3.63) is 86.6 Å². The minimum absolute atomic E-state index is 0.0607. The molecular weight excluding hydrogens is 410 g/mol. The second kappa shape index (κ2) is 7.83. The van der Waals surface area contributed by atoms with E-state index in [2.05, 4.69) is 9.97 Å². The number of aromatic nitrogens is 4. The second-order valence-electron chi connectivity index (χ2n) is 6.66. The van der Waals surface area contributed by atoms with Crippen LogP contribution < -0.4 is 11.2 Å². The number of nitrogens with zero attached hydrogens (tertiary/aromatic N) is 4. The van der Waals surface area contributed by atoms with E-state index >= 15 is 0 Å². The molecule has 0 spiro atoms. The van der Waals surface area contributed by atoms with Gasteiger partial charge in [0.1, 0.15) is 22.0 Å². The predicted molar refractivity (Wildman–Crippen MR) is 111 cm³/mol. The van der Waals surface area contributed by atoms with E-state index in [-0.39, 0.29) is 28.2 Å². The van der Waals surface area contributed by atoms with Crippen molar-refractivity contribution in [2.45, 2.75) is 10.8 Å². The molecule has 0 unspecified atom stereocenters. The van der Waals surface area contributed by atoms with Crippen LogP contribution in [0.4, 0.5) is 8.78 Å². The summed E-state index contributed by atoms with van der Waals surface area (Å²) in [7, 11) is 2.86. The zero-order chi connectivity index (χ0) is 21.4. The molecule has 0 radical (unpaired) electrons. The molecule has 0 atom stereocenters. The van der Waals surface area contributed by atoms with Crippen LogP contribution in [0.3, 0.4) is 0 Å². The van der Waals surface area contributed by atoms with Crippen LogP contribution in [0.25, 0.3) is 22.4 Å². The van der Waals surface area contributed by atoms with E-state index < -0.39 is 17.1 Å². The monoisotopic (exact) mass is 426 g/mol. The average molecular weight is 426 g/mol. The highest BCUT2D eigenvalue weighted by atomic mass is 32.2. The Bertz CT molecular complexity index is 1400. The van der Waals surface area contributed by atoms with E-state index in [0.717, 1.165) is 4.57 Å². The fraction of sp³-hybridized carbons (Fsp3) is 0.143.